The smallest absolute Gasteiger partial charge is 0.254 e. The molecule has 0 saturated heterocycles. The van der Waals surface area contributed by atoms with Crippen molar-refractivity contribution in [1.82, 2.24) is 14.8 Å². The average Bonchev–Trinajstić information content (AvgIpc) is 3.13. The first-order chi connectivity index (χ1) is 14.0. The highest BCUT2D eigenvalue weighted by atomic mass is 19.1. The van der Waals surface area contributed by atoms with Crippen molar-refractivity contribution in [2.45, 2.75) is 19.0 Å². The number of aryl methyl sites for hydroxylation is 1. The molecule has 4 rings (SSSR count). The molecule has 1 aliphatic heterocycles. The van der Waals surface area contributed by atoms with E-state index in [-0.39, 0.29) is 11.6 Å². The lowest BCUT2D eigenvalue weighted by Crippen LogP contribution is -2.41. The highest BCUT2D eigenvalue weighted by Gasteiger charge is 2.27. The van der Waals surface area contributed by atoms with Crippen LogP contribution in [0.1, 0.15) is 33.2 Å². The number of carbonyl (C=O) groups is 1. The quantitative estimate of drug-likeness (QED) is 0.713. The minimum Gasteiger partial charge on any atom is -0.353 e. The van der Waals surface area contributed by atoms with Gasteiger partial charge >= 0.3 is 0 Å². The Morgan fingerprint density at radius 2 is 1.90 bits per heavy atom. The molecule has 3 aromatic rings. The first kappa shape index (κ1) is 19.3. The highest BCUT2D eigenvalue weighted by Crippen LogP contribution is 2.28. The molecule has 4 nitrogen and oxygen atoms in total. The number of carbonyl (C=O) groups excluding carboxylic acids is 1. The molecule has 1 unspecified atom stereocenters. The van der Waals surface area contributed by atoms with Crippen LogP contribution in [0.2, 0.25) is 0 Å². The molecule has 0 fully saturated rings. The van der Waals surface area contributed by atoms with Crippen LogP contribution < -0.4 is 5.32 Å². The van der Waals surface area contributed by atoms with Crippen molar-refractivity contribution in [2.75, 3.05) is 13.1 Å². The van der Waals surface area contributed by atoms with Gasteiger partial charge in [-0.2, -0.15) is 0 Å². The first-order valence-corrected chi connectivity index (χ1v) is 9.68. The number of rotatable bonds is 5. The number of hydrogen-bond donors (Lipinski definition) is 1. The fourth-order valence-corrected chi connectivity index (χ4v) is 3.98. The number of fused-ring (bicyclic) bond motifs is 1. The van der Waals surface area contributed by atoms with Gasteiger partial charge in [-0.15, -0.1) is 0 Å². The van der Waals surface area contributed by atoms with Crippen LogP contribution in [0.25, 0.3) is 0 Å². The minimum absolute atomic E-state index is 0.0594. The third kappa shape index (κ3) is 4.07. The Morgan fingerprint density at radius 1 is 1.10 bits per heavy atom. The number of halogens is 2. The minimum atomic E-state index is -0.857. The molecule has 150 valence electrons. The van der Waals surface area contributed by atoms with Gasteiger partial charge in [-0.05, 0) is 41.8 Å². The van der Waals surface area contributed by atoms with E-state index in [1.165, 1.54) is 17.2 Å². The third-order valence-corrected chi connectivity index (χ3v) is 5.56. The first-order valence-electron chi connectivity index (χ1n) is 9.68. The molecule has 2 heterocycles. The third-order valence-electron chi connectivity index (χ3n) is 5.56. The SMILES string of the molecule is Cn1cccc1C(CNC(=O)c1ccc(F)cc1F)N1CCc2ccccc2C1. The number of nitrogens with one attached hydrogen (secondary N) is 1. The van der Waals surface area contributed by atoms with Gasteiger partial charge in [0, 0.05) is 44.6 Å². The predicted octanol–water partition coefficient (Wildman–Crippen LogP) is 3.83. The van der Waals surface area contributed by atoms with Crippen molar-refractivity contribution < 1.29 is 13.6 Å². The van der Waals surface area contributed by atoms with E-state index in [9.17, 15) is 13.6 Å². The van der Waals surface area contributed by atoms with Gasteiger partial charge in [0.2, 0.25) is 0 Å². The van der Waals surface area contributed by atoms with Crippen molar-refractivity contribution in [3.8, 4) is 0 Å². The van der Waals surface area contributed by atoms with E-state index < -0.39 is 17.5 Å². The summed E-state index contributed by atoms with van der Waals surface area (Å²) in [6, 6.07) is 15.3. The summed E-state index contributed by atoms with van der Waals surface area (Å²) in [6.07, 6.45) is 2.92. The predicted molar refractivity (Wildman–Crippen MR) is 107 cm³/mol. The van der Waals surface area contributed by atoms with Crippen LogP contribution in [0.4, 0.5) is 8.78 Å². The molecule has 1 N–H and O–H groups in total. The van der Waals surface area contributed by atoms with Gasteiger partial charge < -0.3 is 9.88 Å². The maximum atomic E-state index is 14.0. The fraction of sp³-hybridized carbons (Fsp3) is 0.261. The van der Waals surface area contributed by atoms with Crippen molar-refractivity contribution in [2.24, 2.45) is 7.05 Å². The van der Waals surface area contributed by atoms with E-state index in [0.29, 0.717) is 6.54 Å². The second-order valence-corrected chi connectivity index (χ2v) is 7.38. The number of amides is 1. The van der Waals surface area contributed by atoms with Gasteiger partial charge in [-0.25, -0.2) is 8.78 Å². The van der Waals surface area contributed by atoms with E-state index in [4.69, 9.17) is 0 Å². The molecule has 6 heteroatoms. The Morgan fingerprint density at radius 3 is 2.62 bits per heavy atom. The molecule has 0 aliphatic carbocycles. The molecule has 29 heavy (non-hydrogen) atoms. The Hall–Kier alpha value is -2.99. The van der Waals surface area contributed by atoms with Crippen molar-refractivity contribution in [3.05, 3.63) is 94.8 Å². The molecule has 1 aromatic heterocycles. The van der Waals surface area contributed by atoms with E-state index in [0.717, 1.165) is 37.3 Å². The van der Waals surface area contributed by atoms with Gasteiger partial charge in [0.15, 0.2) is 0 Å². The topological polar surface area (TPSA) is 37.3 Å². The molecular weight excluding hydrogens is 372 g/mol. The fourth-order valence-electron chi connectivity index (χ4n) is 3.98. The summed E-state index contributed by atoms with van der Waals surface area (Å²) in [6.45, 7) is 1.98. The summed E-state index contributed by atoms with van der Waals surface area (Å²) >= 11 is 0. The summed E-state index contributed by atoms with van der Waals surface area (Å²) < 4.78 is 29.1. The summed E-state index contributed by atoms with van der Waals surface area (Å²) in [4.78, 5) is 14.9. The van der Waals surface area contributed by atoms with Gasteiger partial charge in [0.05, 0.1) is 11.6 Å². The Labute approximate surface area is 168 Å². The van der Waals surface area contributed by atoms with Crippen LogP contribution in [0.3, 0.4) is 0 Å². The van der Waals surface area contributed by atoms with Crippen LogP contribution >= 0.6 is 0 Å². The van der Waals surface area contributed by atoms with Crippen LogP contribution in [0.5, 0.6) is 0 Å². The van der Waals surface area contributed by atoms with Crippen LogP contribution in [-0.2, 0) is 20.0 Å². The average molecular weight is 395 g/mol. The molecule has 0 spiro atoms. The lowest BCUT2D eigenvalue weighted by atomic mass is 9.97. The second-order valence-electron chi connectivity index (χ2n) is 7.38. The van der Waals surface area contributed by atoms with Crippen LogP contribution in [0.15, 0.2) is 60.8 Å². The lowest BCUT2D eigenvalue weighted by molar-refractivity contribution is 0.0921. The van der Waals surface area contributed by atoms with Crippen LogP contribution in [-0.4, -0.2) is 28.5 Å². The standard InChI is InChI=1S/C23H23F2N3O/c1-27-11-4-7-21(27)22(28-12-10-16-5-2-3-6-17(16)15-28)14-26-23(29)19-9-8-18(24)13-20(19)25/h2-9,11,13,22H,10,12,14-15H2,1H3,(H,26,29). The van der Waals surface area contributed by atoms with Crippen LogP contribution in [0, 0.1) is 11.6 Å². The van der Waals surface area contributed by atoms with Gasteiger partial charge in [-0.1, -0.05) is 24.3 Å². The number of hydrogen-bond acceptors (Lipinski definition) is 2. The number of aromatic nitrogens is 1. The molecule has 1 aliphatic rings. The Bertz CT molecular complexity index is 1030. The normalized spacial score (nSPS) is 15.0. The molecule has 1 atom stereocenters. The van der Waals surface area contributed by atoms with E-state index in [1.807, 2.05) is 36.0 Å². The van der Waals surface area contributed by atoms with Crippen molar-refractivity contribution in [3.63, 3.8) is 0 Å². The molecular formula is C23H23F2N3O. The molecule has 2 aromatic carbocycles. The summed E-state index contributed by atoms with van der Waals surface area (Å²) in [5, 5.41) is 2.84. The molecule has 0 radical (unpaired) electrons. The number of nitrogens with zero attached hydrogens (tertiary/aromatic N) is 2. The Kier molecular flexibility index (Phi) is 5.45. The number of benzene rings is 2. The Balaban J connectivity index is 1.54. The molecule has 1 amide bonds. The molecule has 0 bridgehead atoms. The summed E-state index contributed by atoms with van der Waals surface area (Å²) in [7, 11) is 1.97. The monoisotopic (exact) mass is 395 g/mol. The maximum Gasteiger partial charge on any atom is 0.254 e. The highest BCUT2D eigenvalue weighted by molar-refractivity contribution is 5.94. The zero-order valence-electron chi connectivity index (χ0n) is 16.2. The zero-order valence-corrected chi connectivity index (χ0v) is 16.2. The largest absolute Gasteiger partial charge is 0.353 e. The second kappa shape index (κ2) is 8.17. The van der Waals surface area contributed by atoms with Gasteiger partial charge in [0.25, 0.3) is 5.91 Å². The summed E-state index contributed by atoms with van der Waals surface area (Å²) in [5.74, 6) is -2.10. The van der Waals surface area contributed by atoms with E-state index in [1.54, 1.807) is 0 Å². The zero-order chi connectivity index (χ0) is 20.4. The van der Waals surface area contributed by atoms with E-state index in [2.05, 4.69) is 28.4 Å². The molecule has 0 saturated carbocycles. The van der Waals surface area contributed by atoms with Crippen molar-refractivity contribution in [1.29, 1.82) is 0 Å². The van der Waals surface area contributed by atoms with Gasteiger partial charge in [0.1, 0.15) is 11.6 Å². The maximum absolute atomic E-state index is 14.0. The van der Waals surface area contributed by atoms with E-state index >= 15 is 0 Å². The van der Waals surface area contributed by atoms with Gasteiger partial charge in [-0.3, -0.25) is 9.69 Å². The van der Waals surface area contributed by atoms with Crippen molar-refractivity contribution >= 4 is 5.91 Å². The summed E-state index contributed by atoms with van der Waals surface area (Å²) in [5.41, 5.74) is 3.56. The lowest BCUT2D eigenvalue weighted by Gasteiger charge is -2.36.